The zero-order chi connectivity index (χ0) is 13.0. The molecule has 3 atom stereocenters. The molecular weight excluding hydrogens is 224 g/mol. The van der Waals surface area contributed by atoms with Crippen molar-refractivity contribution in [1.82, 2.24) is 10.2 Å². The fraction of sp³-hybridized carbons (Fsp3) is 0.933. The molecule has 0 radical (unpaired) electrons. The average molecular weight is 252 g/mol. The van der Waals surface area contributed by atoms with E-state index in [0.717, 1.165) is 25.6 Å². The highest BCUT2D eigenvalue weighted by Gasteiger charge is 2.31. The lowest BCUT2D eigenvalue weighted by atomic mass is 9.91. The largest absolute Gasteiger partial charge is 0.341 e. The quantitative estimate of drug-likeness (QED) is 0.818. The minimum absolute atomic E-state index is 0.0805. The fourth-order valence-corrected chi connectivity index (χ4v) is 3.37. The van der Waals surface area contributed by atoms with Crippen molar-refractivity contribution in [3.63, 3.8) is 0 Å². The summed E-state index contributed by atoms with van der Waals surface area (Å²) in [5, 5.41) is 3.42. The molecule has 2 aliphatic rings. The summed E-state index contributed by atoms with van der Waals surface area (Å²) in [5.41, 5.74) is 0. The summed E-state index contributed by atoms with van der Waals surface area (Å²) < 4.78 is 0. The molecule has 2 rings (SSSR count). The Morgan fingerprint density at radius 2 is 2.06 bits per heavy atom. The van der Waals surface area contributed by atoms with E-state index in [4.69, 9.17) is 0 Å². The van der Waals surface area contributed by atoms with Crippen LogP contribution in [0.2, 0.25) is 0 Å². The van der Waals surface area contributed by atoms with Crippen molar-refractivity contribution in [1.29, 1.82) is 0 Å². The second kappa shape index (κ2) is 6.55. The van der Waals surface area contributed by atoms with Gasteiger partial charge >= 0.3 is 0 Å². The molecular formula is C15H28N2O. The molecule has 0 saturated carbocycles. The lowest BCUT2D eigenvalue weighted by Gasteiger charge is -2.33. The van der Waals surface area contributed by atoms with Crippen LogP contribution in [0.5, 0.6) is 0 Å². The van der Waals surface area contributed by atoms with Crippen LogP contribution in [0, 0.1) is 11.8 Å². The molecule has 0 bridgehead atoms. The van der Waals surface area contributed by atoms with E-state index in [9.17, 15) is 4.79 Å². The first-order valence-corrected chi connectivity index (χ1v) is 7.74. The highest BCUT2D eigenvalue weighted by molar-refractivity contribution is 5.82. The van der Waals surface area contributed by atoms with Crippen LogP contribution in [0.1, 0.15) is 52.4 Å². The standard InChI is InChI=1S/C15H28N2O/c1-3-13-7-5-10-17(11-8-13)15(18)14-12(2)6-4-9-16-14/h12-14,16H,3-11H2,1-2H3. The third kappa shape index (κ3) is 3.25. The third-order valence-electron chi connectivity index (χ3n) is 4.77. The minimum atomic E-state index is 0.0805. The molecule has 3 unspecified atom stereocenters. The van der Waals surface area contributed by atoms with Crippen LogP contribution >= 0.6 is 0 Å². The number of nitrogens with one attached hydrogen (secondary N) is 1. The second-order valence-electron chi connectivity index (χ2n) is 6.08. The van der Waals surface area contributed by atoms with Crippen LogP contribution in [-0.4, -0.2) is 36.5 Å². The van der Waals surface area contributed by atoms with E-state index in [1.165, 1.54) is 38.5 Å². The number of nitrogens with zero attached hydrogens (tertiary/aromatic N) is 1. The maximum atomic E-state index is 12.6. The Bertz CT molecular complexity index is 280. The first kappa shape index (κ1) is 13.9. The second-order valence-corrected chi connectivity index (χ2v) is 6.08. The minimum Gasteiger partial charge on any atom is -0.341 e. The van der Waals surface area contributed by atoms with Crippen molar-refractivity contribution >= 4 is 5.91 Å². The fourth-order valence-electron chi connectivity index (χ4n) is 3.37. The van der Waals surface area contributed by atoms with Gasteiger partial charge in [-0.2, -0.15) is 0 Å². The van der Waals surface area contributed by atoms with Crippen molar-refractivity contribution in [2.75, 3.05) is 19.6 Å². The zero-order valence-corrected chi connectivity index (χ0v) is 12.0. The number of amides is 1. The number of hydrogen-bond donors (Lipinski definition) is 1. The molecule has 3 nitrogen and oxygen atoms in total. The number of carbonyl (C=O) groups excluding carboxylic acids is 1. The van der Waals surface area contributed by atoms with Crippen molar-refractivity contribution in [3.05, 3.63) is 0 Å². The number of piperidine rings is 1. The van der Waals surface area contributed by atoms with Gasteiger partial charge in [0.1, 0.15) is 0 Å². The third-order valence-corrected chi connectivity index (χ3v) is 4.77. The lowest BCUT2D eigenvalue weighted by molar-refractivity contribution is -0.135. The summed E-state index contributed by atoms with van der Waals surface area (Å²) in [5.74, 6) is 1.69. The predicted molar refractivity (Wildman–Crippen MR) is 74.4 cm³/mol. The first-order chi connectivity index (χ1) is 8.72. The van der Waals surface area contributed by atoms with Crippen LogP contribution in [-0.2, 0) is 4.79 Å². The Morgan fingerprint density at radius 1 is 1.22 bits per heavy atom. The van der Waals surface area contributed by atoms with Crippen LogP contribution in [0.25, 0.3) is 0 Å². The maximum Gasteiger partial charge on any atom is 0.239 e. The lowest BCUT2D eigenvalue weighted by Crippen LogP contribution is -2.52. The van der Waals surface area contributed by atoms with Gasteiger partial charge in [-0.1, -0.05) is 20.3 Å². The van der Waals surface area contributed by atoms with E-state index in [1.54, 1.807) is 0 Å². The Labute approximate surface area is 111 Å². The molecule has 1 N–H and O–H groups in total. The highest BCUT2D eigenvalue weighted by Crippen LogP contribution is 2.23. The van der Waals surface area contributed by atoms with Crippen molar-refractivity contribution in [3.8, 4) is 0 Å². The summed E-state index contributed by atoms with van der Waals surface area (Å²) in [4.78, 5) is 14.7. The summed E-state index contributed by atoms with van der Waals surface area (Å²) in [6.07, 6.45) is 7.35. The van der Waals surface area contributed by atoms with Gasteiger partial charge in [-0.05, 0) is 50.5 Å². The number of likely N-dealkylation sites (tertiary alicyclic amines) is 1. The van der Waals surface area contributed by atoms with E-state index in [-0.39, 0.29) is 6.04 Å². The number of carbonyl (C=O) groups is 1. The van der Waals surface area contributed by atoms with Crippen molar-refractivity contribution < 1.29 is 4.79 Å². The molecule has 0 aliphatic carbocycles. The van der Waals surface area contributed by atoms with Gasteiger partial charge in [-0.15, -0.1) is 0 Å². The van der Waals surface area contributed by atoms with Gasteiger partial charge in [0.05, 0.1) is 6.04 Å². The highest BCUT2D eigenvalue weighted by atomic mass is 16.2. The molecule has 0 spiro atoms. The van der Waals surface area contributed by atoms with E-state index < -0.39 is 0 Å². The Kier molecular flexibility index (Phi) is 5.04. The van der Waals surface area contributed by atoms with Crippen molar-refractivity contribution in [2.24, 2.45) is 11.8 Å². The zero-order valence-electron chi connectivity index (χ0n) is 12.0. The maximum absolute atomic E-state index is 12.6. The summed E-state index contributed by atoms with van der Waals surface area (Å²) in [7, 11) is 0. The molecule has 0 aromatic heterocycles. The molecule has 1 amide bonds. The molecule has 2 aliphatic heterocycles. The molecule has 3 heteroatoms. The topological polar surface area (TPSA) is 32.3 Å². The number of hydrogen-bond acceptors (Lipinski definition) is 2. The monoisotopic (exact) mass is 252 g/mol. The molecule has 104 valence electrons. The van der Waals surface area contributed by atoms with Crippen LogP contribution < -0.4 is 5.32 Å². The van der Waals surface area contributed by atoms with Gasteiger partial charge in [0.15, 0.2) is 0 Å². The van der Waals surface area contributed by atoms with E-state index in [2.05, 4.69) is 24.1 Å². The van der Waals surface area contributed by atoms with Gasteiger partial charge in [0.25, 0.3) is 0 Å². The first-order valence-electron chi connectivity index (χ1n) is 7.74. The van der Waals surface area contributed by atoms with Crippen LogP contribution in [0.4, 0.5) is 0 Å². The normalized spacial score (nSPS) is 34.1. The Balaban J connectivity index is 1.91. The predicted octanol–water partition coefficient (Wildman–Crippen LogP) is 2.41. The summed E-state index contributed by atoms with van der Waals surface area (Å²) in [6.45, 7) is 7.43. The summed E-state index contributed by atoms with van der Waals surface area (Å²) in [6, 6.07) is 0.0805. The molecule has 2 heterocycles. The van der Waals surface area contributed by atoms with E-state index in [0.29, 0.717) is 11.8 Å². The van der Waals surface area contributed by atoms with Crippen molar-refractivity contribution in [2.45, 2.75) is 58.4 Å². The van der Waals surface area contributed by atoms with Gasteiger partial charge in [0.2, 0.25) is 5.91 Å². The summed E-state index contributed by atoms with van der Waals surface area (Å²) >= 11 is 0. The molecule has 18 heavy (non-hydrogen) atoms. The number of rotatable bonds is 2. The van der Waals surface area contributed by atoms with E-state index in [1.807, 2.05) is 0 Å². The van der Waals surface area contributed by atoms with Gasteiger partial charge in [0, 0.05) is 13.1 Å². The van der Waals surface area contributed by atoms with Crippen LogP contribution in [0.3, 0.4) is 0 Å². The molecule has 0 aromatic rings. The molecule has 2 fully saturated rings. The Hall–Kier alpha value is -0.570. The smallest absolute Gasteiger partial charge is 0.239 e. The Morgan fingerprint density at radius 3 is 2.78 bits per heavy atom. The average Bonchev–Trinajstić information content (AvgIpc) is 2.63. The van der Waals surface area contributed by atoms with Gasteiger partial charge < -0.3 is 10.2 Å². The van der Waals surface area contributed by atoms with Crippen LogP contribution in [0.15, 0.2) is 0 Å². The SMILES string of the molecule is CCC1CCCN(C(=O)C2NCCCC2C)CC1. The van der Waals surface area contributed by atoms with Gasteiger partial charge in [-0.25, -0.2) is 0 Å². The molecule has 0 aromatic carbocycles. The van der Waals surface area contributed by atoms with Gasteiger partial charge in [-0.3, -0.25) is 4.79 Å². The molecule has 2 saturated heterocycles. The van der Waals surface area contributed by atoms with E-state index >= 15 is 0 Å².